The molecule has 0 amide bonds. The van der Waals surface area contributed by atoms with Crippen molar-refractivity contribution in [1.29, 1.82) is 0 Å². The summed E-state index contributed by atoms with van der Waals surface area (Å²) >= 11 is 0. The van der Waals surface area contributed by atoms with E-state index in [1.54, 1.807) is 17.1 Å². The summed E-state index contributed by atoms with van der Waals surface area (Å²) in [7, 11) is 0. The number of ether oxygens (including phenoxy) is 2. The first-order valence-corrected chi connectivity index (χ1v) is 5.81. The number of aromatic nitrogens is 2. The van der Waals surface area contributed by atoms with Crippen LogP contribution in [0.2, 0.25) is 0 Å². The average Bonchev–Trinajstić information content (AvgIpc) is 2.81. The zero-order valence-electron chi connectivity index (χ0n) is 10.5. The molecule has 1 aromatic heterocycles. The Labute approximate surface area is 101 Å². The Kier molecular flexibility index (Phi) is 3.31. The van der Waals surface area contributed by atoms with E-state index >= 15 is 0 Å². The number of aryl methyl sites for hydroxylation is 1. The molecule has 1 aliphatic heterocycles. The van der Waals surface area contributed by atoms with Crippen LogP contribution in [0, 0.1) is 0 Å². The van der Waals surface area contributed by atoms with Crippen molar-refractivity contribution in [3.05, 3.63) is 18.0 Å². The van der Waals surface area contributed by atoms with Gasteiger partial charge in [0.15, 0.2) is 11.6 Å². The number of hydrogen-bond acceptors (Lipinski definition) is 4. The van der Waals surface area contributed by atoms with Gasteiger partial charge in [0.25, 0.3) is 0 Å². The van der Waals surface area contributed by atoms with E-state index in [0.29, 0.717) is 12.2 Å². The van der Waals surface area contributed by atoms with Crippen LogP contribution in [-0.2, 0) is 16.0 Å². The maximum Gasteiger partial charge on any atom is 0.163 e. The van der Waals surface area contributed by atoms with Crippen LogP contribution >= 0.6 is 0 Å². The summed E-state index contributed by atoms with van der Waals surface area (Å²) < 4.78 is 12.9. The quantitative estimate of drug-likeness (QED) is 0.748. The second-order valence-electron chi connectivity index (χ2n) is 4.79. The van der Waals surface area contributed by atoms with Gasteiger partial charge in [0, 0.05) is 12.7 Å². The number of hydrogen-bond donors (Lipinski definition) is 0. The molecule has 0 saturated carbocycles. The Bertz CT molecular complexity index is 412. The lowest BCUT2D eigenvalue weighted by atomic mass is 10.2. The highest BCUT2D eigenvalue weighted by Crippen LogP contribution is 2.24. The van der Waals surface area contributed by atoms with Crippen molar-refractivity contribution in [1.82, 2.24) is 9.78 Å². The largest absolute Gasteiger partial charge is 0.348 e. The number of nitrogens with zero attached hydrogens (tertiary/aromatic N) is 2. The van der Waals surface area contributed by atoms with E-state index in [2.05, 4.69) is 5.10 Å². The lowest BCUT2D eigenvalue weighted by molar-refractivity contribution is -0.139. The average molecular weight is 238 g/mol. The lowest BCUT2D eigenvalue weighted by Crippen LogP contribution is -2.22. The normalized spacial score (nSPS) is 22.9. The molecule has 2 heterocycles. The molecule has 5 nitrogen and oxygen atoms in total. The van der Waals surface area contributed by atoms with Crippen LogP contribution in [0.15, 0.2) is 12.4 Å². The van der Waals surface area contributed by atoms with Gasteiger partial charge < -0.3 is 9.47 Å². The third kappa shape index (κ3) is 3.14. The van der Waals surface area contributed by atoms with Crippen LogP contribution < -0.4 is 0 Å². The Hall–Kier alpha value is -1.20. The van der Waals surface area contributed by atoms with E-state index in [9.17, 15) is 4.79 Å². The molecule has 1 unspecified atom stereocenters. The first kappa shape index (κ1) is 12.3. The SMILES string of the molecule is CC(=O)c1cnn(CCC2COC(C)(C)O2)c1. The molecule has 1 aliphatic rings. The van der Waals surface area contributed by atoms with Gasteiger partial charge in [-0.25, -0.2) is 0 Å². The lowest BCUT2D eigenvalue weighted by Gasteiger charge is -2.16. The fourth-order valence-corrected chi connectivity index (χ4v) is 1.85. The fraction of sp³-hybridized carbons (Fsp3) is 0.667. The molecule has 5 heteroatoms. The van der Waals surface area contributed by atoms with Crippen molar-refractivity contribution < 1.29 is 14.3 Å². The number of rotatable bonds is 4. The number of carbonyl (C=O) groups excluding carboxylic acids is 1. The van der Waals surface area contributed by atoms with Gasteiger partial charge in [0.05, 0.1) is 24.5 Å². The Balaban J connectivity index is 1.84. The van der Waals surface area contributed by atoms with Gasteiger partial charge in [-0.1, -0.05) is 0 Å². The van der Waals surface area contributed by atoms with E-state index in [-0.39, 0.29) is 11.9 Å². The van der Waals surface area contributed by atoms with Gasteiger partial charge in [-0.3, -0.25) is 9.48 Å². The molecule has 2 rings (SSSR count). The summed E-state index contributed by atoms with van der Waals surface area (Å²) in [6, 6.07) is 0. The zero-order valence-corrected chi connectivity index (χ0v) is 10.5. The highest BCUT2D eigenvalue weighted by molar-refractivity contribution is 5.93. The summed E-state index contributed by atoms with van der Waals surface area (Å²) in [5.41, 5.74) is 0.647. The van der Waals surface area contributed by atoms with E-state index in [4.69, 9.17) is 9.47 Å². The minimum Gasteiger partial charge on any atom is -0.348 e. The Morgan fingerprint density at radius 3 is 2.94 bits per heavy atom. The molecule has 1 fully saturated rings. The van der Waals surface area contributed by atoms with Gasteiger partial charge in [-0.05, 0) is 27.2 Å². The minimum absolute atomic E-state index is 0.0397. The van der Waals surface area contributed by atoms with Gasteiger partial charge in [-0.15, -0.1) is 0 Å². The third-order valence-corrected chi connectivity index (χ3v) is 2.79. The smallest absolute Gasteiger partial charge is 0.163 e. The maximum absolute atomic E-state index is 11.1. The molecular formula is C12H18N2O3. The standard InChI is InChI=1S/C12H18N2O3/c1-9(15)10-6-13-14(7-10)5-4-11-8-16-12(2,3)17-11/h6-7,11H,4-5,8H2,1-3H3. The van der Waals surface area contributed by atoms with Crippen molar-refractivity contribution in [3.8, 4) is 0 Å². The number of ketones is 1. The zero-order chi connectivity index (χ0) is 12.5. The molecule has 94 valence electrons. The molecule has 0 bridgehead atoms. The van der Waals surface area contributed by atoms with Crippen LogP contribution in [0.25, 0.3) is 0 Å². The van der Waals surface area contributed by atoms with Crippen molar-refractivity contribution >= 4 is 5.78 Å². The first-order valence-electron chi connectivity index (χ1n) is 5.81. The van der Waals surface area contributed by atoms with E-state index in [1.807, 2.05) is 13.8 Å². The van der Waals surface area contributed by atoms with E-state index in [1.165, 1.54) is 6.92 Å². The molecule has 0 radical (unpaired) electrons. The molecule has 17 heavy (non-hydrogen) atoms. The summed E-state index contributed by atoms with van der Waals surface area (Å²) in [5.74, 6) is -0.433. The second-order valence-corrected chi connectivity index (χ2v) is 4.79. The molecule has 0 N–H and O–H groups in total. The van der Waals surface area contributed by atoms with Gasteiger partial charge >= 0.3 is 0 Å². The summed E-state index contributed by atoms with van der Waals surface area (Å²) in [4.78, 5) is 11.1. The second kappa shape index (κ2) is 4.58. The fourth-order valence-electron chi connectivity index (χ4n) is 1.85. The minimum atomic E-state index is -0.473. The van der Waals surface area contributed by atoms with Gasteiger partial charge in [0.2, 0.25) is 0 Å². The Morgan fingerprint density at radius 2 is 2.41 bits per heavy atom. The van der Waals surface area contributed by atoms with E-state index in [0.717, 1.165) is 13.0 Å². The molecule has 0 aromatic carbocycles. The highest BCUT2D eigenvalue weighted by atomic mass is 16.7. The van der Waals surface area contributed by atoms with Crippen LogP contribution in [0.1, 0.15) is 37.6 Å². The molecular weight excluding hydrogens is 220 g/mol. The maximum atomic E-state index is 11.1. The number of carbonyl (C=O) groups is 1. The van der Waals surface area contributed by atoms with Crippen LogP contribution in [0.3, 0.4) is 0 Å². The first-order chi connectivity index (χ1) is 7.96. The van der Waals surface area contributed by atoms with E-state index < -0.39 is 5.79 Å². The van der Waals surface area contributed by atoms with Crippen LogP contribution in [0.5, 0.6) is 0 Å². The van der Waals surface area contributed by atoms with Crippen molar-refractivity contribution in [2.45, 2.75) is 45.6 Å². The highest BCUT2D eigenvalue weighted by Gasteiger charge is 2.32. The topological polar surface area (TPSA) is 53.4 Å². The number of Topliss-reactive ketones (excluding diaryl/α,β-unsaturated/α-hetero) is 1. The summed E-state index contributed by atoms with van der Waals surface area (Å²) in [5, 5.41) is 4.13. The predicted octanol–water partition coefficient (Wildman–Crippen LogP) is 1.63. The molecule has 1 saturated heterocycles. The third-order valence-electron chi connectivity index (χ3n) is 2.79. The van der Waals surface area contributed by atoms with Crippen molar-refractivity contribution in [2.24, 2.45) is 0 Å². The van der Waals surface area contributed by atoms with Crippen molar-refractivity contribution in [3.63, 3.8) is 0 Å². The monoisotopic (exact) mass is 238 g/mol. The van der Waals surface area contributed by atoms with Gasteiger partial charge in [-0.2, -0.15) is 5.10 Å². The summed E-state index contributed by atoms with van der Waals surface area (Å²) in [6.45, 7) is 6.71. The van der Waals surface area contributed by atoms with Crippen LogP contribution in [0.4, 0.5) is 0 Å². The molecule has 0 spiro atoms. The summed E-state index contributed by atoms with van der Waals surface area (Å²) in [6.07, 6.45) is 4.30. The van der Waals surface area contributed by atoms with Gasteiger partial charge in [0.1, 0.15) is 0 Å². The Morgan fingerprint density at radius 1 is 1.65 bits per heavy atom. The molecule has 1 atom stereocenters. The van der Waals surface area contributed by atoms with Crippen molar-refractivity contribution in [2.75, 3.05) is 6.61 Å². The molecule has 0 aliphatic carbocycles. The molecule has 1 aromatic rings. The van der Waals surface area contributed by atoms with Crippen LogP contribution in [-0.4, -0.2) is 34.1 Å². The predicted molar refractivity (Wildman–Crippen MR) is 61.8 cm³/mol.